The molecule has 0 fully saturated rings. The molecule has 0 radical (unpaired) electrons. The Morgan fingerprint density at radius 1 is 1.25 bits per heavy atom. The van der Waals surface area contributed by atoms with Crippen molar-refractivity contribution in [3.05, 3.63) is 64.1 Å². The number of hydrogen-bond acceptors (Lipinski definition) is 4. The van der Waals surface area contributed by atoms with Gasteiger partial charge >= 0.3 is 5.76 Å². The fourth-order valence-electron chi connectivity index (χ4n) is 2.57. The number of oxazole rings is 1. The van der Waals surface area contributed by atoms with E-state index in [0.29, 0.717) is 23.4 Å². The topological polar surface area (TPSA) is 73.5 Å². The Bertz CT molecular complexity index is 940. The van der Waals surface area contributed by atoms with E-state index in [1.165, 1.54) is 4.57 Å². The Labute approximate surface area is 138 Å². The molecule has 6 heteroatoms. The SMILES string of the molecule is COc1ccccc1CC(=O)NCc1ccc2oc(=O)n(C)c2c1. The number of hydrogen-bond donors (Lipinski definition) is 1. The van der Waals surface area contributed by atoms with Crippen LogP contribution in [0.1, 0.15) is 11.1 Å². The first-order valence-corrected chi connectivity index (χ1v) is 7.55. The lowest BCUT2D eigenvalue weighted by atomic mass is 10.1. The van der Waals surface area contributed by atoms with Gasteiger partial charge in [-0.1, -0.05) is 24.3 Å². The second-order valence-corrected chi connectivity index (χ2v) is 5.49. The number of nitrogens with zero attached hydrogens (tertiary/aromatic N) is 1. The van der Waals surface area contributed by atoms with E-state index in [1.54, 1.807) is 20.2 Å². The number of rotatable bonds is 5. The lowest BCUT2D eigenvalue weighted by molar-refractivity contribution is -0.120. The maximum absolute atomic E-state index is 12.1. The van der Waals surface area contributed by atoms with Crippen molar-refractivity contribution in [3.63, 3.8) is 0 Å². The van der Waals surface area contributed by atoms with Crippen LogP contribution in [0.15, 0.2) is 51.7 Å². The quantitative estimate of drug-likeness (QED) is 0.778. The predicted molar refractivity (Wildman–Crippen MR) is 90.0 cm³/mol. The molecular formula is C18H18N2O4. The van der Waals surface area contributed by atoms with Gasteiger partial charge in [-0.3, -0.25) is 9.36 Å². The molecule has 0 unspecified atom stereocenters. The van der Waals surface area contributed by atoms with Crippen molar-refractivity contribution in [2.45, 2.75) is 13.0 Å². The maximum Gasteiger partial charge on any atom is 0.419 e. The van der Waals surface area contributed by atoms with Crippen molar-refractivity contribution in [2.75, 3.05) is 7.11 Å². The molecular weight excluding hydrogens is 308 g/mol. The largest absolute Gasteiger partial charge is 0.496 e. The summed E-state index contributed by atoms with van der Waals surface area (Å²) in [6, 6.07) is 12.8. The van der Waals surface area contributed by atoms with E-state index in [2.05, 4.69) is 5.32 Å². The third kappa shape index (κ3) is 3.17. The predicted octanol–water partition coefficient (Wildman–Crippen LogP) is 2.00. The van der Waals surface area contributed by atoms with Gasteiger partial charge in [0.2, 0.25) is 5.91 Å². The van der Waals surface area contributed by atoms with E-state index in [1.807, 2.05) is 36.4 Å². The van der Waals surface area contributed by atoms with Crippen molar-refractivity contribution in [1.29, 1.82) is 0 Å². The minimum absolute atomic E-state index is 0.0966. The third-order valence-corrected chi connectivity index (χ3v) is 3.89. The van der Waals surface area contributed by atoms with Crippen molar-refractivity contribution < 1.29 is 13.9 Å². The molecule has 3 aromatic rings. The van der Waals surface area contributed by atoms with Gasteiger partial charge in [-0.2, -0.15) is 0 Å². The van der Waals surface area contributed by atoms with Gasteiger partial charge in [-0.25, -0.2) is 4.79 Å². The van der Waals surface area contributed by atoms with Crippen LogP contribution >= 0.6 is 0 Å². The van der Waals surface area contributed by atoms with E-state index in [-0.39, 0.29) is 12.3 Å². The van der Waals surface area contributed by atoms with Gasteiger partial charge in [-0.15, -0.1) is 0 Å². The second-order valence-electron chi connectivity index (χ2n) is 5.49. The minimum Gasteiger partial charge on any atom is -0.496 e. The monoisotopic (exact) mass is 326 g/mol. The van der Waals surface area contributed by atoms with E-state index in [9.17, 15) is 9.59 Å². The van der Waals surface area contributed by atoms with E-state index >= 15 is 0 Å². The first-order chi connectivity index (χ1) is 11.6. The van der Waals surface area contributed by atoms with Crippen LogP contribution in [0.2, 0.25) is 0 Å². The summed E-state index contributed by atoms with van der Waals surface area (Å²) in [5.41, 5.74) is 2.97. The van der Waals surface area contributed by atoms with Crippen molar-refractivity contribution in [3.8, 4) is 5.75 Å². The fraction of sp³-hybridized carbons (Fsp3) is 0.222. The van der Waals surface area contributed by atoms with Gasteiger partial charge in [0.1, 0.15) is 5.75 Å². The molecule has 0 bridgehead atoms. The number of nitrogens with one attached hydrogen (secondary N) is 1. The molecule has 1 N–H and O–H groups in total. The van der Waals surface area contributed by atoms with E-state index in [4.69, 9.17) is 9.15 Å². The summed E-state index contributed by atoms with van der Waals surface area (Å²) in [5.74, 6) is 0.200. The Hall–Kier alpha value is -3.02. The molecule has 0 aliphatic heterocycles. The molecule has 0 aliphatic carbocycles. The molecule has 24 heavy (non-hydrogen) atoms. The van der Waals surface area contributed by atoms with Gasteiger partial charge in [0.25, 0.3) is 0 Å². The van der Waals surface area contributed by atoms with Crippen molar-refractivity contribution >= 4 is 17.0 Å². The molecule has 0 saturated carbocycles. The highest BCUT2D eigenvalue weighted by atomic mass is 16.5. The molecule has 0 aliphatic rings. The highest BCUT2D eigenvalue weighted by molar-refractivity contribution is 5.79. The molecule has 2 aromatic carbocycles. The highest BCUT2D eigenvalue weighted by Gasteiger charge is 2.09. The fourth-order valence-corrected chi connectivity index (χ4v) is 2.57. The van der Waals surface area contributed by atoms with Crippen LogP contribution in [0.25, 0.3) is 11.1 Å². The maximum atomic E-state index is 12.1. The Balaban J connectivity index is 1.68. The van der Waals surface area contributed by atoms with Gasteiger partial charge in [-0.05, 0) is 23.8 Å². The summed E-state index contributed by atoms with van der Waals surface area (Å²) in [6.45, 7) is 0.378. The molecule has 0 spiro atoms. The second kappa shape index (κ2) is 6.62. The van der Waals surface area contributed by atoms with Crippen LogP contribution in [-0.2, 0) is 24.8 Å². The molecule has 1 amide bonds. The van der Waals surface area contributed by atoms with Gasteiger partial charge in [0.15, 0.2) is 5.58 Å². The first kappa shape index (κ1) is 15.9. The van der Waals surface area contributed by atoms with Gasteiger partial charge in [0, 0.05) is 19.2 Å². The number of methoxy groups -OCH3 is 1. The highest BCUT2D eigenvalue weighted by Crippen LogP contribution is 2.18. The summed E-state index contributed by atoms with van der Waals surface area (Å²) >= 11 is 0. The van der Waals surface area contributed by atoms with Crippen LogP contribution in [0.3, 0.4) is 0 Å². The molecule has 3 rings (SSSR count). The van der Waals surface area contributed by atoms with Crippen LogP contribution in [0.4, 0.5) is 0 Å². The third-order valence-electron chi connectivity index (χ3n) is 3.89. The molecule has 0 atom stereocenters. The van der Waals surface area contributed by atoms with E-state index < -0.39 is 5.76 Å². The number of benzene rings is 2. The minimum atomic E-state index is -0.401. The standard InChI is InChI=1S/C18H18N2O4/c1-20-14-9-12(7-8-16(14)24-18(20)22)11-19-17(21)10-13-5-3-4-6-15(13)23-2/h3-9H,10-11H2,1-2H3,(H,19,21). The summed E-state index contributed by atoms with van der Waals surface area (Å²) in [6.07, 6.45) is 0.246. The number of para-hydroxylation sites is 1. The van der Waals surface area contributed by atoms with Gasteiger partial charge in [0.05, 0.1) is 19.0 Å². The summed E-state index contributed by atoms with van der Waals surface area (Å²) in [5, 5.41) is 2.88. The lowest BCUT2D eigenvalue weighted by Crippen LogP contribution is -2.24. The normalized spacial score (nSPS) is 10.8. The zero-order chi connectivity index (χ0) is 17.1. The Kier molecular flexibility index (Phi) is 4.37. The zero-order valence-corrected chi connectivity index (χ0v) is 13.5. The molecule has 124 valence electrons. The number of amides is 1. The van der Waals surface area contributed by atoms with Crippen molar-refractivity contribution in [1.82, 2.24) is 9.88 Å². The molecule has 0 saturated heterocycles. The molecule has 1 aromatic heterocycles. The van der Waals surface area contributed by atoms with Crippen LogP contribution in [0, 0.1) is 0 Å². The number of aryl methyl sites for hydroxylation is 1. The number of ether oxygens (including phenoxy) is 1. The number of fused-ring (bicyclic) bond motifs is 1. The Morgan fingerprint density at radius 3 is 2.83 bits per heavy atom. The van der Waals surface area contributed by atoms with Gasteiger partial charge < -0.3 is 14.5 Å². The smallest absolute Gasteiger partial charge is 0.419 e. The Morgan fingerprint density at radius 2 is 2.04 bits per heavy atom. The van der Waals surface area contributed by atoms with Crippen LogP contribution < -0.4 is 15.8 Å². The lowest BCUT2D eigenvalue weighted by Gasteiger charge is -2.09. The average molecular weight is 326 g/mol. The number of carbonyl (C=O) groups excluding carboxylic acids is 1. The zero-order valence-electron chi connectivity index (χ0n) is 13.5. The van der Waals surface area contributed by atoms with Crippen molar-refractivity contribution in [2.24, 2.45) is 7.05 Å². The number of aromatic nitrogens is 1. The van der Waals surface area contributed by atoms with Crippen LogP contribution in [-0.4, -0.2) is 17.6 Å². The summed E-state index contributed by atoms with van der Waals surface area (Å²) in [4.78, 5) is 23.6. The summed E-state index contributed by atoms with van der Waals surface area (Å²) < 4.78 is 11.8. The molecule has 1 heterocycles. The summed E-state index contributed by atoms with van der Waals surface area (Å²) in [7, 11) is 3.24. The molecule has 6 nitrogen and oxygen atoms in total. The number of carbonyl (C=O) groups is 1. The first-order valence-electron chi connectivity index (χ1n) is 7.55. The van der Waals surface area contributed by atoms with E-state index in [0.717, 1.165) is 11.1 Å². The van der Waals surface area contributed by atoms with Crippen LogP contribution in [0.5, 0.6) is 5.75 Å². The average Bonchev–Trinajstić information content (AvgIpc) is 2.88.